The largest absolute Gasteiger partial charge is 0.394 e. The molecule has 1 aromatic carbocycles. The van der Waals surface area contributed by atoms with Crippen LogP contribution in [0.5, 0.6) is 0 Å². The number of carbonyl (C=O) groups excluding carboxylic acids is 1. The van der Waals surface area contributed by atoms with Crippen molar-refractivity contribution in [3.63, 3.8) is 0 Å². The quantitative estimate of drug-likeness (QED) is 0.350. The van der Waals surface area contributed by atoms with E-state index < -0.39 is 36.4 Å². The van der Waals surface area contributed by atoms with Crippen molar-refractivity contribution in [3.05, 3.63) is 46.9 Å². The van der Waals surface area contributed by atoms with E-state index in [0.717, 1.165) is 0 Å². The maximum atomic E-state index is 13.5. The number of fused-ring (bicyclic) bond motifs is 1. The molecule has 152 valence electrons. The van der Waals surface area contributed by atoms with E-state index in [0.29, 0.717) is 5.56 Å². The molecular weight excluding hydrogens is 398 g/mol. The van der Waals surface area contributed by atoms with Gasteiger partial charge in [-0.15, -0.1) is 0 Å². The Kier molecular flexibility index (Phi) is 4.92. The molecule has 3 aromatic rings. The van der Waals surface area contributed by atoms with Crippen molar-refractivity contribution in [2.45, 2.75) is 30.5 Å². The van der Waals surface area contributed by atoms with Crippen molar-refractivity contribution < 1.29 is 24.9 Å². The number of rotatable bonds is 5. The molecule has 10 nitrogen and oxygen atoms in total. The van der Waals surface area contributed by atoms with Gasteiger partial charge in [0.1, 0.15) is 29.5 Å². The van der Waals surface area contributed by atoms with Gasteiger partial charge in [0.2, 0.25) is 5.72 Å². The third-order valence-corrected chi connectivity index (χ3v) is 5.30. The van der Waals surface area contributed by atoms with Crippen LogP contribution in [0.1, 0.15) is 5.56 Å². The molecule has 0 aliphatic carbocycles. The Bertz CT molecular complexity index is 1120. The van der Waals surface area contributed by atoms with Crippen LogP contribution in [0, 0.1) is 4.64 Å². The molecule has 0 bridgehead atoms. The first-order valence-corrected chi connectivity index (χ1v) is 9.24. The molecule has 0 unspecified atom stereocenters. The molecule has 0 saturated carbocycles. The van der Waals surface area contributed by atoms with E-state index in [1.54, 1.807) is 24.3 Å². The normalized spacial score (nSPS) is 26.8. The second-order valence-electron chi connectivity index (χ2n) is 6.80. The summed E-state index contributed by atoms with van der Waals surface area (Å²) in [5, 5.41) is 30.9. The van der Waals surface area contributed by atoms with Gasteiger partial charge in [-0.05, 0) is 5.56 Å². The van der Waals surface area contributed by atoms with Crippen LogP contribution in [-0.2, 0) is 21.7 Å². The average molecular weight is 417 g/mol. The highest BCUT2D eigenvalue weighted by molar-refractivity contribution is 7.71. The molecule has 3 heterocycles. The summed E-state index contributed by atoms with van der Waals surface area (Å²) in [6.07, 6.45) is -3.19. The fourth-order valence-corrected chi connectivity index (χ4v) is 3.86. The predicted molar refractivity (Wildman–Crippen MR) is 104 cm³/mol. The molecule has 2 aromatic heterocycles. The molecule has 11 heteroatoms. The topological polar surface area (TPSA) is 160 Å². The second-order valence-corrected chi connectivity index (χ2v) is 7.18. The fraction of sp³-hybridized carbons (Fsp3) is 0.333. The van der Waals surface area contributed by atoms with Gasteiger partial charge in [-0.2, -0.15) is 0 Å². The van der Waals surface area contributed by atoms with Gasteiger partial charge in [-0.25, -0.2) is 9.97 Å². The zero-order valence-electron chi connectivity index (χ0n) is 15.1. The van der Waals surface area contributed by atoms with Gasteiger partial charge in [0.05, 0.1) is 12.9 Å². The van der Waals surface area contributed by atoms with E-state index in [1.165, 1.54) is 10.9 Å². The van der Waals surface area contributed by atoms with E-state index in [9.17, 15) is 20.1 Å². The summed E-state index contributed by atoms with van der Waals surface area (Å²) in [5.74, 6) is -0.554. The summed E-state index contributed by atoms with van der Waals surface area (Å²) in [7, 11) is 0. The predicted octanol–water partition coefficient (Wildman–Crippen LogP) is -0.351. The minimum atomic E-state index is -2.05. The number of ketones is 1. The van der Waals surface area contributed by atoms with Gasteiger partial charge in [-0.1, -0.05) is 42.5 Å². The Labute approximate surface area is 169 Å². The molecule has 0 spiro atoms. The number of aliphatic hydroxyl groups is 3. The first-order chi connectivity index (χ1) is 13.9. The highest BCUT2D eigenvalue weighted by atomic mass is 32.1. The van der Waals surface area contributed by atoms with Crippen LogP contribution in [-0.4, -0.2) is 65.5 Å². The molecule has 1 fully saturated rings. The summed E-state index contributed by atoms with van der Waals surface area (Å²) in [5.41, 5.74) is 4.85. The molecule has 0 radical (unpaired) electrons. The summed E-state index contributed by atoms with van der Waals surface area (Å²) < 4.78 is 7.16. The Morgan fingerprint density at radius 1 is 1.34 bits per heavy atom. The van der Waals surface area contributed by atoms with Crippen LogP contribution in [0.3, 0.4) is 0 Å². The zero-order valence-corrected chi connectivity index (χ0v) is 15.9. The third kappa shape index (κ3) is 3.03. The summed E-state index contributed by atoms with van der Waals surface area (Å²) in [6, 6.07) is 8.89. The third-order valence-electron chi connectivity index (χ3n) is 5.02. The van der Waals surface area contributed by atoms with E-state index in [2.05, 4.69) is 15.0 Å². The van der Waals surface area contributed by atoms with Gasteiger partial charge in [0, 0.05) is 6.42 Å². The highest BCUT2D eigenvalue weighted by Gasteiger charge is 2.60. The number of aromatic nitrogens is 4. The van der Waals surface area contributed by atoms with Gasteiger partial charge in [-0.3, -0.25) is 9.36 Å². The summed E-state index contributed by atoms with van der Waals surface area (Å²) >= 11 is 5.17. The maximum absolute atomic E-state index is 13.5. The van der Waals surface area contributed by atoms with Crippen LogP contribution in [0.2, 0.25) is 0 Å². The number of anilines is 1. The number of imidazole rings is 1. The first-order valence-electron chi connectivity index (χ1n) is 8.84. The maximum Gasteiger partial charge on any atom is 0.237 e. The van der Waals surface area contributed by atoms with Gasteiger partial charge >= 0.3 is 0 Å². The van der Waals surface area contributed by atoms with Crippen molar-refractivity contribution in [2.75, 3.05) is 12.3 Å². The van der Waals surface area contributed by atoms with E-state index in [1.807, 2.05) is 6.07 Å². The lowest BCUT2D eigenvalue weighted by atomic mass is 9.93. The number of aliphatic hydroxyl groups excluding tert-OH is 3. The number of hydrogen-bond donors (Lipinski definition) is 5. The van der Waals surface area contributed by atoms with Crippen molar-refractivity contribution >= 4 is 35.1 Å². The number of aromatic amines is 1. The molecule has 1 saturated heterocycles. The monoisotopic (exact) mass is 417 g/mol. The number of nitrogens with one attached hydrogen (secondary N) is 1. The number of nitrogens with zero attached hydrogens (tertiary/aromatic N) is 3. The number of nitrogens with two attached hydrogens (primary N) is 1. The van der Waals surface area contributed by atoms with Crippen LogP contribution >= 0.6 is 12.2 Å². The first kappa shape index (κ1) is 19.6. The van der Waals surface area contributed by atoms with E-state index in [-0.39, 0.29) is 28.2 Å². The van der Waals surface area contributed by atoms with Crippen LogP contribution < -0.4 is 5.73 Å². The summed E-state index contributed by atoms with van der Waals surface area (Å²) in [4.78, 5) is 24.3. The number of benzene rings is 1. The minimum Gasteiger partial charge on any atom is -0.394 e. The SMILES string of the molecule is Nc1nc(=S)c2ncn([C@]3(C(=O)Cc4ccccc4)O[C@H](CO)[C@@H](O)[C@H]3O)c2[nH]1. The number of H-pyrrole nitrogens is 1. The number of Topliss-reactive ketones (excluding diaryl/α,β-unsaturated/α-hetero) is 1. The fourth-order valence-electron chi connectivity index (χ4n) is 3.61. The lowest BCUT2D eigenvalue weighted by Crippen LogP contribution is -2.52. The zero-order chi connectivity index (χ0) is 20.8. The molecule has 1 aliphatic heterocycles. The standard InChI is InChI=1S/C18H19N5O5S/c19-17-21-15-12(16(29)22-17)20-8-23(15)18(14(27)13(26)10(7-24)28-18)11(25)6-9-4-2-1-3-5-9/h1-5,8,10,13-14,24,26-27H,6-7H2,(H3,19,21,22,29)/t10-,13-,14-,18-/m1/s1. The number of nitrogen functional groups attached to an aromatic ring is 1. The second kappa shape index (κ2) is 7.28. The summed E-state index contributed by atoms with van der Waals surface area (Å²) in [6.45, 7) is -0.592. The van der Waals surface area contributed by atoms with Crippen molar-refractivity contribution in [1.82, 2.24) is 19.5 Å². The minimum absolute atomic E-state index is 0.0124. The lowest BCUT2D eigenvalue weighted by Gasteiger charge is -2.32. The highest BCUT2D eigenvalue weighted by Crippen LogP contribution is 2.39. The number of carbonyl (C=O) groups is 1. The molecule has 6 N–H and O–H groups in total. The van der Waals surface area contributed by atoms with Crippen molar-refractivity contribution in [2.24, 2.45) is 0 Å². The smallest absolute Gasteiger partial charge is 0.237 e. The Balaban J connectivity index is 1.91. The van der Waals surface area contributed by atoms with Crippen LogP contribution in [0.15, 0.2) is 36.7 Å². The Morgan fingerprint density at radius 3 is 2.72 bits per heavy atom. The average Bonchev–Trinajstić information content (AvgIpc) is 3.23. The number of hydrogen-bond acceptors (Lipinski definition) is 9. The molecule has 0 amide bonds. The molecule has 4 atom stereocenters. The van der Waals surface area contributed by atoms with E-state index in [4.69, 9.17) is 22.7 Å². The van der Waals surface area contributed by atoms with Gasteiger partial charge in [0.25, 0.3) is 0 Å². The molecular formula is C18H19N5O5S. The molecule has 1 aliphatic rings. The van der Waals surface area contributed by atoms with Gasteiger partial charge in [0.15, 0.2) is 16.4 Å². The van der Waals surface area contributed by atoms with E-state index >= 15 is 0 Å². The molecule has 4 rings (SSSR count). The Morgan fingerprint density at radius 2 is 2.07 bits per heavy atom. The molecule has 29 heavy (non-hydrogen) atoms. The van der Waals surface area contributed by atoms with Crippen LogP contribution in [0.25, 0.3) is 11.2 Å². The van der Waals surface area contributed by atoms with Gasteiger partial charge < -0.3 is 30.8 Å². The van der Waals surface area contributed by atoms with Crippen molar-refractivity contribution in [1.29, 1.82) is 0 Å². The van der Waals surface area contributed by atoms with Crippen LogP contribution in [0.4, 0.5) is 5.95 Å². The lowest BCUT2D eigenvalue weighted by molar-refractivity contribution is -0.173. The number of ether oxygens (including phenoxy) is 1. The van der Waals surface area contributed by atoms with Crippen molar-refractivity contribution in [3.8, 4) is 0 Å². The Hall–Kier alpha value is -2.70.